The van der Waals surface area contributed by atoms with E-state index in [-0.39, 0.29) is 0 Å². The van der Waals surface area contributed by atoms with Crippen molar-refractivity contribution in [1.82, 2.24) is 0 Å². The van der Waals surface area contributed by atoms with E-state index in [0.717, 1.165) is 7.11 Å². The predicted molar refractivity (Wildman–Crippen MR) is 25.7 cm³/mol. The van der Waals surface area contributed by atoms with E-state index in [0.29, 0.717) is 0 Å². The fourth-order valence-corrected chi connectivity index (χ4v) is 0. The van der Waals surface area contributed by atoms with Crippen molar-refractivity contribution in [3.05, 3.63) is 0 Å². The van der Waals surface area contributed by atoms with E-state index in [2.05, 4.69) is 4.18 Å². The Bertz CT molecular complexity index is 149. The Morgan fingerprint density at radius 1 is 1.40 bits per heavy atom. The maximum atomic E-state index is 9.67. The summed E-state index contributed by atoms with van der Waals surface area (Å²) in [5.74, 6) is 0. The summed E-state index contributed by atoms with van der Waals surface area (Å²) in [6.07, 6.45) is 0. The van der Waals surface area contributed by atoms with Crippen molar-refractivity contribution in [3.63, 3.8) is 0 Å². The van der Waals surface area contributed by atoms with Gasteiger partial charge >= 0.3 is 17.1 Å². The Morgan fingerprint density at radius 3 is 1.50 bits per heavy atom. The zero-order chi connectivity index (χ0) is 8.78. The minimum atomic E-state index is -4.16. The van der Waals surface area contributed by atoms with Gasteiger partial charge < -0.3 is 0 Å². The van der Waals surface area contributed by atoms with E-state index in [4.69, 9.17) is 4.55 Å². The van der Waals surface area contributed by atoms with E-state index in [9.17, 15) is 21.6 Å². The van der Waals surface area contributed by atoms with Crippen LogP contribution in [0.3, 0.4) is 0 Å². The van der Waals surface area contributed by atoms with Crippen molar-refractivity contribution in [2.24, 2.45) is 0 Å². The van der Waals surface area contributed by atoms with Crippen molar-refractivity contribution >= 4 is 10.4 Å². The third-order valence-corrected chi connectivity index (χ3v) is 0.632. The Morgan fingerprint density at radius 2 is 1.50 bits per heavy atom. The lowest BCUT2D eigenvalue weighted by Gasteiger charge is -1.82. The van der Waals surface area contributed by atoms with Gasteiger partial charge in [-0.2, -0.15) is 21.6 Å². The molecule has 0 saturated heterocycles. The highest BCUT2D eigenvalue weighted by atomic mass is 32.3. The van der Waals surface area contributed by atoms with Crippen molar-refractivity contribution in [3.8, 4) is 0 Å². The van der Waals surface area contributed by atoms with Crippen molar-refractivity contribution in [2.45, 2.75) is 6.68 Å². The zero-order valence-corrected chi connectivity index (χ0v) is 5.61. The van der Waals surface area contributed by atoms with Gasteiger partial charge in [0.25, 0.3) is 0 Å². The smallest absolute Gasteiger partial charge is 0.264 e. The molecule has 4 nitrogen and oxygen atoms in total. The molecule has 10 heavy (non-hydrogen) atoms. The molecule has 0 aliphatic heterocycles. The molecule has 0 rings (SSSR count). The van der Waals surface area contributed by atoms with Gasteiger partial charge in [0, 0.05) is 0 Å². The van der Waals surface area contributed by atoms with E-state index in [1.165, 1.54) is 0 Å². The highest BCUT2D eigenvalue weighted by Crippen LogP contribution is 1.87. The molecule has 0 spiro atoms. The Hall–Kier alpha value is -0.340. The van der Waals surface area contributed by atoms with Crippen LogP contribution in [0, 0.1) is 0 Å². The lowest BCUT2D eigenvalue weighted by Crippen LogP contribution is -1.96. The molecule has 0 atom stereocenters. The monoisotopic (exact) mass is 182 g/mol. The lowest BCUT2D eigenvalue weighted by molar-refractivity contribution is 0.00819. The lowest BCUT2D eigenvalue weighted by atomic mass is 11.6. The Labute approximate surface area is 55.6 Å². The summed E-state index contributed by atoms with van der Waals surface area (Å²) >= 11 is 0. The Balaban J connectivity index is 0. The molecule has 0 aliphatic rings. The highest BCUT2D eigenvalue weighted by Gasteiger charge is 1.94. The SMILES string of the molecule is COS(=O)(=O)O.FC(F)F. The van der Waals surface area contributed by atoms with Gasteiger partial charge in [-0.05, 0) is 0 Å². The van der Waals surface area contributed by atoms with Gasteiger partial charge in [0.1, 0.15) is 0 Å². The van der Waals surface area contributed by atoms with Gasteiger partial charge in [0.2, 0.25) is 0 Å². The molecule has 0 aliphatic carbocycles. The van der Waals surface area contributed by atoms with Crippen LogP contribution in [0.15, 0.2) is 0 Å². The van der Waals surface area contributed by atoms with Gasteiger partial charge in [-0.15, -0.1) is 0 Å². The van der Waals surface area contributed by atoms with Crippen molar-refractivity contribution < 1.29 is 30.3 Å². The van der Waals surface area contributed by atoms with Crippen LogP contribution in [0.4, 0.5) is 13.2 Å². The molecule has 1 N–H and O–H groups in total. The van der Waals surface area contributed by atoms with Gasteiger partial charge in [-0.1, -0.05) is 0 Å². The minimum Gasteiger partial charge on any atom is -0.264 e. The second-order valence-corrected chi connectivity index (χ2v) is 2.03. The quantitative estimate of drug-likeness (QED) is 0.603. The predicted octanol–water partition coefficient (Wildman–Crippen LogP) is 0.614. The molecule has 0 amide bonds. The average Bonchev–Trinajstić information content (AvgIpc) is 1.63. The average molecular weight is 182 g/mol. The van der Waals surface area contributed by atoms with Gasteiger partial charge in [0.05, 0.1) is 7.11 Å². The van der Waals surface area contributed by atoms with Gasteiger partial charge in [0.15, 0.2) is 0 Å². The van der Waals surface area contributed by atoms with E-state index in [1.807, 2.05) is 0 Å². The summed E-state index contributed by atoms with van der Waals surface area (Å²) < 4.78 is 58.7. The molecular formula is C2H5F3O4S. The third-order valence-electron chi connectivity index (χ3n) is 0.211. The first-order chi connectivity index (χ1) is 4.29. The number of hydrogen-bond donors (Lipinski definition) is 1. The maximum Gasteiger partial charge on any atom is 0.397 e. The second kappa shape index (κ2) is 5.45. The van der Waals surface area contributed by atoms with Gasteiger partial charge in [-0.25, -0.2) is 0 Å². The fraction of sp³-hybridized carbons (Fsp3) is 1.00. The molecule has 0 aromatic carbocycles. The van der Waals surface area contributed by atoms with Crippen molar-refractivity contribution in [1.29, 1.82) is 0 Å². The molecule has 0 saturated carbocycles. The van der Waals surface area contributed by atoms with Crippen LogP contribution >= 0.6 is 0 Å². The molecule has 0 aromatic heterocycles. The number of hydrogen-bond acceptors (Lipinski definition) is 3. The first-order valence-electron chi connectivity index (χ1n) is 1.75. The number of alkyl halides is 3. The zero-order valence-electron chi connectivity index (χ0n) is 4.79. The Kier molecular flexibility index (Phi) is 6.72. The molecule has 0 fully saturated rings. The molecule has 64 valence electrons. The summed E-state index contributed by atoms with van der Waals surface area (Å²) in [5, 5.41) is 0. The summed E-state index contributed by atoms with van der Waals surface area (Å²) in [6, 6.07) is 0. The van der Waals surface area contributed by atoms with E-state index in [1.54, 1.807) is 0 Å². The number of halogens is 3. The molecule has 0 bridgehead atoms. The van der Waals surface area contributed by atoms with Crippen LogP contribution in [-0.4, -0.2) is 26.8 Å². The molecule has 0 unspecified atom stereocenters. The molecule has 0 aromatic rings. The normalized spacial score (nSPS) is 10.6. The summed E-state index contributed by atoms with van der Waals surface area (Å²) in [5.41, 5.74) is 0. The van der Waals surface area contributed by atoms with Crippen molar-refractivity contribution in [2.75, 3.05) is 7.11 Å². The van der Waals surface area contributed by atoms with Crippen LogP contribution in [0.2, 0.25) is 0 Å². The van der Waals surface area contributed by atoms with E-state index < -0.39 is 17.1 Å². The van der Waals surface area contributed by atoms with E-state index >= 15 is 0 Å². The molecule has 8 heteroatoms. The van der Waals surface area contributed by atoms with Crippen LogP contribution in [0.5, 0.6) is 0 Å². The van der Waals surface area contributed by atoms with Crippen LogP contribution < -0.4 is 0 Å². The second-order valence-electron chi connectivity index (χ2n) is 0.842. The minimum absolute atomic E-state index is 0.870. The summed E-state index contributed by atoms with van der Waals surface area (Å²) in [4.78, 5) is 0. The summed E-state index contributed by atoms with van der Waals surface area (Å²) in [7, 11) is -3.29. The topological polar surface area (TPSA) is 63.6 Å². The molecule has 0 heterocycles. The van der Waals surface area contributed by atoms with Gasteiger partial charge in [-0.3, -0.25) is 8.74 Å². The summed E-state index contributed by atoms with van der Waals surface area (Å²) in [6.45, 7) is -3.67. The number of rotatable bonds is 1. The van der Waals surface area contributed by atoms with Crippen LogP contribution in [0.1, 0.15) is 0 Å². The highest BCUT2D eigenvalue weighted by molar-refractivity contribution is 7.80. The first-order valence-corrected chi connectivity index (χ1v) is 3.11. The maximum absolute atomic E-state index is 9.67. The largest absolute Gasteiger partial charge is 0.397 e. The third kappa shape index (κ3) is 48.0. The molecular weight excluding hydrogens is 177 g/mol. The standard InChI is InChI=1S/CHF3.CH4O4S/c2-1(3)4;1-5-6(2,3)4/h1H;1H3,(H,2,3,4). The van der Waals surface area contributed by atoms with Crippen LogP contribution in [0.25, 0.3) is 0 Å². The first kappa shape index (κ1) is 12.3. The van der Waals surface area contributed by atoms with Crippen LogP contribution in [-0.2, 0) is 14.6 Å². The fourth-order valence-electron chi connectivity index (χ4n) is 0. The molecule has 0 radical (unpaired) electrons.